The van der Waals surface area contributed by atoms with E-state index in [1.807, 2.05) is 20.2 Å². The summed E-state index contributed by atoms with van der Waals surface area (Å²) >= 11 is 0. The van der Waals surface area contributed by atoms with Crippen molar-refractivity contribution in [3.05, 3.63) is 23.8 Å². The normalized spacial score (nSPS) is 12.7. The third-order valence-corrected chi connectivity index (χ3v) is 3.03. The average Bonchev–Trinajstić information content (AvgIpc) is 2.29. The third kappa shape index (κ3) is 5.09. The molecule has 0 spiro atoms. The lowest BCUT2D eigenvalue weighted by atomic mass is 10.0. The summed E-state index contributed by atoms with van der Waals surface area (Å²) < 4.78 is 0. The molecule has 112 valence electrons. The molecule has 0 aromatic heterocycles. The number of carbonyl (C=O) groups excluding carboxylic acids is 1. The zero-order chi connectivity index (χ0) is 15.3. The first-order valence-electron chi connectivity index (χ1n) is 6.90. The van der Waals surface area contributed by atoms with Crippen LogP contribution in [0.1, 0.15) is 30.6 Å². The van der Waals surface area contributed by atoms with Crippen molar-refractivity contribution < 1.29 is 4.79 Å². The van der Waals surface area contributed by atoms with Crippen molar-refractivity contribution >= 4 is 17.3 Å². The van der Waals surface area contributed by atoms with Gasteiger partial charge in [-0.3, -0.25) is 4.79 Å². The Morgan fingerprint density at radius 2 is 2.00 bits per heavy atom. The summed E-state index contributed by atoms with van der Waals surface area (Å²) in [6.07, 6.45) is 1.05. The maximum Gasteiger partial charge on any atom is 0.250 e. The number of primary amides is 1. The molecule has 0 radical (unpaired) electrons. The average molecular weight is 278 g/mol. The quantitative estimate of drug-likeness (QED) is 0.663. The Kier molecular flexibility index (Phi) is 5.82. The van der Waals surface area contributed by atoms with Crippen LogP contribution in [0.25, 0.3) is 0 Å². The number of nitrogens with two attached hydrogens (primary N) is 2. The van der Waals surface area contributed by atoms with Gasteiger partial charge in [-0.2, -0.15) is 0 Å². The van der Waals surface area contributed by atoms with Gasteiger partial charge in [-0.25, -0.2) is 0 Å². The van der Waals surface area contributed by atoms with Crippen LogP contribution in [0.5, 0.6) is 0 Å². The van der Waals surface area contributed by atoms with Crippen molar-refractivity contribution in [1.29, 1.82) is 0 Å². The lowest BCUT2D eigenvalue weighted by Gasteiger charge is -2.25. The Morgan fingerprint density at radius 1 is 1.35 bits per heavy atom. The highest BCUT2D eigenvalue weighted by Crippen LogP contribution is 2.19. The Morgan fingerprint density at radius 3 is 2.50 bits per heavy atom. The van der Waals surface area contributed by atoms with E-state index in [2.05, 4.69) is 24.1 Å². The number of rotatable bonds is 7. The first-order chi connectivity index (χ1) is 9.29. The minimum Gasteiger partial charge on any atom is -0.398 e. The maximum absolute atomic E-state index is 11.3. The second-order valence-electron chi connectivity index (χ2n) is 5.90. The summed E-state index contributed by atoms with van der Waals surface area (Å²) in [6, 6.07) is 5.63. The van der Waals surface area contributed by atoms with Gasteiger partial charge in [-0.1, -0.05) is 13.8 Å². The number of nitrogens with one attached hydrogen (secondary N) is 1. The minimum atomic E-state index is -0.501. The van der Waals surface area contributed by atoms with Crippen molar-refractivity contribution in [3.63, 3.8) is 0 Å². The summed E-state index contributed by atoms with van der Waals surface area (Å²) in [5.41, 5.74) is 12.7. The van der Waals surface area contributed by atoms with Gasteiger partial charge in [0.05, 0.1) is 5.56 Å². The van der Waals surface area contributed by atoms with E-state index >= 15 is 0 Å². The number of anilines is 2. The Hall–Kier alpha value is -1.75. The van der Waals surface area contributed by atoms with E-state index in [9.17, 15) is 4.79 Å². The Labute approximate surface area is 121 Å². The Bertz CT molecular complexity index is 447. The molecule has 0 fully saturated rings. The molecule has 1 atom stereocenters. The molecule has 0 aliphatic heterocycles. The summed E-state index contributed by atoms with van der Waals surface area (Å²) in [6.45, 7) is 5.32. The molecular formula is C15H26N4O. The van der Waals surface area contributed by atoms with Gasteiger partial charge in [0, 0.05) is 24.0 Å². The second kappa shape index (κ2) is 7.14. The predicted octanol–water partition coefficient (Wildman–Crippen LogP) is 1.76. The van der Waals surface area contributed by atoms with Gasteiger partial charge in [0.2, 0.25) is 0 Å². The van der Waals surface area contributed by atoms with Gasteiger partial charge in [-0.15, -0.1) is 0 Å². The number of nitrogens with zero attached hydrogens (tertiary/aromatic N) is 1. The second-order valence-corrected chi connectivity index (χ2v) is 5.90. The maximum atomic E-state index is 11.3. The van der Waals surface area contributed by atoms with E-state index in [0.29, 0.717) is 23.2 Å². The molecule has 1 amide bonds. The van der Waals surface area contributed by atoms with Crippen LogP contribution in [-0.2, 0) is 0 Å². The molecule has 1 unspecified atom stereocenters. The SMILES string of the molecule is CC(C)CC(CN(C)C)Nc1ccc(N)c(C(N)=O)c1. The fourth-order valence-corrected chi connectivity index (χ4v) is 2.28. The summed E-state index contributed by atoms with van der Waals surface area (Å²) in [5, 5.41) is 3.46. The monoisotopic (exact) mass is 278 g/mol. The topological polar surface area (TPSA) is 84.4 Å². The number of likely N-dealkylation sites (N-methyl/N-ethyl adjacent to an activating group) is 1. The lowest BCUT2D eigenvalue weighted by molar-refractivity contribution is 0.100. The fourth-order valence-electron chi connectivity index (χ4n) is 2.28. The highest BCUT2D eigenvalue weighted by molar-refractivity contribution is 5.98. The zero-order valence-corrected chi connectivity index (χ0v) is 12.8. The van der Waals surface area contributed by atoms with Crippen LogP contribution in [0, 0.1) is 5.92 Å². The molecule has 1 rings (SSSR count). The number of benzene rings is 1. The van der Waals surface area contributed by atoms with Crippen molar-refractivity contribution in [3.8, 4) is 0 Å². The molecule has 0 heterocycles. The number of hydrogen-bond donors (Lipinski definition) is 3. The molecular weight excluding hydrogens is 252 g/mol. The zero-order valence-electron chi connectivity index (χ0n) is 12.8. The van der Waals surface area contributed by atoms with E-state index in [-0.39, 0.29) is 0 Å². The van der Waals surface area contributed by atoms with Crippen molar-refractivity contribution in [2.75, 3.05) is 31.7 Å². The van der Waals surface area contributed by atoms with Gasteiger partial charge in [0.15, 0.2) is 0 Å². The molecule has 20 heavy (non-hydrogen) atoms. The smallest absolute Gasteiger partial charge is 0.250 e. The van der Waals surface area contributed by atoms with Gasteiger partial charge in [-0.05, 0) is 44.6 Å². The van der Waals surface area contributed by atoms with Gasteiger partial charge in [0.1, 0.15) is 0 Å². The minimum absolute atomic E-state index is 0.314. The van der Waals surface area contributed by atoms with Crippen LogP contribution in [0.2, 0.25) is 0 Å². The van der Waals surface area contributed by atoms with E-state index in [0.717, 1.165) is 18.7 Å². The van der Waals surface area contributed by atoms with Crippen LogP contribution in [-0.4, -0.2) is 37.5 Å². The number of hydrogen-bond acceptors (Lipinski definition) is 4. The largest absolute Gasteiger partial charge is 0.398 e. The van der Waals surface area contributed by atoms with Gasteiger partial charge in [0.25, 0.3) is 5.91 Å². The van der Waals surface area contributed by atoms with Crippen LogP contribution < -0.4 is 16.8 Å². The molecule has 0 saturated carbocycles. The highest BCUT2D eigenvalue weighted by atomic mass is 16.1. The fraction of sp³-hybridized carbons (Fsp3) is 0.533. The van der Waals surface area contributed by atoms with E-state index in [4.69, 9.17) is 11.5 Å². The molecule has 0 aliphatic carbocycles. The van der Waals surface area contributed by atoms with Crippen molar-refractivity contribution in [2.24, 2.45) is 11.7 Å². The molecule has 0 bridgehead atoms. The van der Waals surface area contributed by atoms with E-state index < -0.39 is 5.91 Å². The molecule has 0 aliphatic rings. The van der Waals surface area contributed by atoms with Crippen LogP contribution in [0.4, 0.5) is 11.4 Å². The van der Waals surface area contributed by atoms with Crippen LogP contribution >= 0.6 is 0 Å². The van der Waals surface area contributed by atoms with Crippen molar-refractivity contribution in [2.45, 2.75) is 26.3 Å². The predicted molar refractivity (Wildman–Crippen MR) is 84.8 cm³/mol. The van der Waals surface area contributed by atoms with Gasteiger partial charge >= 0.3 is 0 Å². The standard InChI is InChI=1S/C15H26N4O/c1-10(2)7-12(9-19(3)4)18-11-5-6-14(16)13(8-11)15(17)20/h5-6,8,10,12,18H,7,9,16H2,1-4H3,(H2,17,20). The molecule has 5 N–H and O–H groups in total. The summed E-state index contributed by atoms with van der Waals surface area (Å²) in [7, 11) is 4.10. The van der Waals surface area contributed by atoms with E-state index in [1.165, 1.54) is 0 Å². The van der Waals surface area contributed by atoms with Gasteiger partial charge < -0.3 is 21.7 Å². The van der Waals surface area contributed by atoms with E-state index in [1.54, 1.807) is 12.1 Å². The van der Waals surface area contributed by atoms with Crippen LogP contribution in [0.15, 0.2) is 18.2 Å². The first kappa shape index (κ1) is 16.3. The number of nitrogen functional groups attached to an aromatic ring is 1. The Balaban J connectivity index is 2.87. The van der Waals surface area contributed by atoms with Crippen LogP contribution in [0.3, 0.4) is 0 Å². The summed E-state index contributed by atoms with van der Waals surface area (Å²) in [4.78, 5) is 13.5. The van der Waals surface area contributed by atoms with Crippen molar-refractivity contribution in [1.82, 2.24) is 4.90 Å². The lowest BCUT2D eigenvalue weighted by Crippen LogP contribution is -2.33. The molecule has 1 aromatic carbocycles. The molecule has 5 nitrogen and oxygen atoms in total. The first-order valence-corrected chi connectivity index (χ1v) is 6.90. The molecule has 0 saturated heterocycles. The summed E-state index contributed by atoms with van der Waals surface area (Å²) in [5.74, 6) is 0.0935. The third-order valence-electron chi connectivity index (χ3n) is 3.03. The molecule has 1 aromatic rings. The number of carbonyl (C=O) groups is 1. The molecule has 5 heteroatoms. The number of amides is 1. The highest BCUT2D eigenvalue weighted by Gasteiger charge is 2.13.